The van der Waals surface area contributed by atoms with Gasteiger partial charge in [-0.25, -0.2) is 0 Å². The molecule has 0 bridgehead atoms. The Morgan fingerprint density at radius 1 is 1.11 bits per heavy atom. The zero-order chi connectivity index (χ0) is 13.6. The number of aromatic hydroxyl groups is 1. The molecule has 18 heavy (non-hydrogen) atoms. The third-order valence-electron chi connectivity index (χ3n) is 3.81. The minimum absolute atomic E-state index is 0.322. The van der Waals surface area contributed by atoms with Gasteiger partial charge < -0.3 is 10.2 Å². The summed E-state index contributed by atoms with van der Waals surface area (Å²) < 4.78 is 0. The second kappa shape index (κ2) is 6.79. The van der Waals surface area contributed by atoms with Crippen LogP contribution < -0.4 is 0 Å². The number of phenols is 1. The highest BCUT2D eigenvalue weighted by Crippen LogP contribution is 2.35. The molecule has 1 aliphatic carbocycles. The van der Waals surface area contributed by atoms with Gasteiger partial charge in [0.15, 0.2) is 0 Å². The van der Waals surface area contributed by atoms with Gasteiger partial charge in [-0.05, 0) is 56.6 Å². The van der Waals surface area contributed by atoms with Gasteiger partial charge in [0, 0.05) is 0 Å². The van der Waals surface area contributed by atoms with E-state index >= 15 is 0 Å². The average Bonchev–Trinajstić information content (AvgIpc) is 2.30. The fourth-order valence-electron chi connectivity index (χ4n) is 2.36. The van der Waals surface area contributed by atoms with E-state index in [2.05, 4.69) is 13.8 Å². The van der Waals surface area contributed by atoms with E-state index in [0.717, 1.165) is 24.7 Å². The van der Waals surface area contributed by atoms with Gasteiger partial charge in [0.05, 0.1) is 5.60 Å². The van der Waals surface area contributed by atoms with Gasteiger partial charge in [0.2, 0.25) is 0 Å². The zero-order valence-corrected chi connectivity index (χ0v) is 11.8. The third kappa shape index (κ3) is 5.54. The van der Waals surface area contributed by atoms with Gasteiger partial charge >= 0.3 is 0 Å². The summed E-state index contributed by atoms with van der Waals surface area (Å²) in [7, 11) is 0. The molecule has 0 spiro atoms. The van der Waals surface area contributed by atoms with Gasteiger partial charge in [-0.3, -0.25) is 0 Å². The summed E-state index contributed by atoms with van der Waals surface area (Å²) >= 11 is 0. The lowest BCUT2D eigenvalue weighted by molar-refractivity contribution is 0.00161. The van der Waals surface area contributed by atoms with Crippen LogP contribution in [0.4, 0.5) is 0 Å². The smallest absolute Gasteiger partial charge is 0.115 e. The fraction of sp³-hybridized carbons (Fsp3) is 0.625. The first-order valence-corrected chi connectivity index (χ1v) is 6.87. The molecule has 1 aromatic rings. The highest BCUT2D eigenvalue weighted by molar-refractivity contribution is 5.18. The van der Waals surface area contributed by atoms with E-state index in [0.29, 0.717) is 5.75 Å². The maximum Gasteiger partial charge on any atom is 0.115 e. The lowest BCUT2D eigenvalue weighted by Gasteiger charge is -2.34. The van der Waals surface area contributed by atoms with Crippen LogP contribution in [0.25, 0.3) is 0 Å². The first-order chi connectivity index (χ1) is 8.41. The lowest BCUT2D eigenvalue weighted by Crippen LogP contribution is -2.31. The van der Waals surface area contributed by atoms with E-state index in [4.69, 9.17) is 5.11 Å². The second-order valence-electron chi connectivity index (χ2n) is 5.91. The summed E-state index contributed by atoms with van der Waals surface area (Å²) in [5, 5.41) is 18.3. The Morgan fingerprint density at radius 3 is 1.94 bits per heavy atom. The Kier molecular flexibility index (Phi) is 5.67. The molecule has 2 rings (SSSR count). The molecule has 0 heterocycles. The van der Waals surface area contributed by atoms with Crippen molar-refractivity contribution < 1.29 is 10.2 Å². The summed E-state index contributed by atoms with van der Waals surface area (Å²) in [5.41, 5.74) is -0.356. The van der Waals surface area contributed by atoms with E-state index in [9.17, 15) is 5.11 Å². The molecular weight excluding hydrogens is 224 g/mol. The van der Waals surface area contributed by atoms with Gasteiger partial charge in [0.25, 0.3) is 0 Å². The van der Waals surface area contributed by atoms with E-state index in [1.165, 1.54) is 12.8 Å². The Hall–Kier alpha value is -1.02. The summed E-state index contributed by atoms with van der Waals surface area (Å²) in [6.07, 6.45) is 4.42. The highest BCUT2D eigenvalue weighted by Gasteiger charge is 2.29. The Morgan fingerprint density at radius 2 is 1.61 bits per heavy atom. The van der Waals surface area contributed by atoms with E-state index < -0.39 is 0 Å². The maximum atomic E-state index is 9.67. The van der Waals surface area contributed by atoms with Crippen molar-refractivity contribution in [2.24, 2.45) is 11.8 Å². The zero-order valence-electron chi connectivity index (χ0n) is 11.8. The van der Waals surface area contributed by atoms with E-state index in [1.54, 1.807) is 24.3 Å². The molecule has 0 atom stereocenters. The number of benzene rings is 1. The van der Waals surface area contributed by atoms with Crippen LogP contribution in [0.2, 0.25) is 0 Å². The Labute approximate surface area is 111 Å². The molecule has 1 aromatic carbocycles. The minimum Gasteiger partial charge on any atom is -0.508 e. The number of aliphatic hydroxyl groups is 1. The molecule has 0 unspecified atom stereocenters. The van der Waals surface area contributed by atoms with Crippen LogP contribution in [0.5, 0.6) is 5.75 Å². The van der Waals surface area contributed by atoms with Crippen LogP contribution in [0.15, 0.2) is 30.3 Å². The quantitative estimate of drug-likeness (QED) is 0.791. The first-order valence-electron chi connectivity index (χ1n) is 6.87. The molecule has 102 valence electrons. The van der Waals surface area contributed by atoms with Crippen LogP contribution in [-0.4, -0.2) is 15.8 Å². The molecule has 1 fully saturated rings. The summed E-state index contributed by atoms with van der Waals surface area (Å²) in [6.45, 7) is 6.53. The average molecular weight is 250 g/mol. The molecule has 0 aliphatic heterocycles. The number of rotatable bonds is 1. The lowest BCUT2D eigenvalue weighted by atomic mass is 9.75. The molecule has 2 nitrogen and oxygen atoms in total. The predicted octanol–water partition coefficient (Wildman–Crippen LogP) is 3.98. The largest absolute Gasteiger partial charge is 0.508 e. The SMILES string of the molecule is CC(C)C1CCC(C)(O)CC1.Oc1ccccc1. The molecule has 1 aliphatic rings. The molecule has 0 amide bonds. The van der Waals surface area contributed by atoms with E-state index in [1.807, 2.05) is 13.0 Å². The van der Waals surface area contributed by atoms with Gasteiger partial charge in [0.1, 0.15) is 5.75 Å². The van der Waals surface area contributed by atoms with Gasteiger partial charge in [-0.1, -0.05) is 32.0 Å². The van der Waals surface area contributed by atoms with E-state index in [-0.39, 0.29) is 5.60 Å². The van der Waals surface area contributed by atoms with Gasteiger partial charge in [-0.15, -0.1) is 0 Å². The minimum atomic E-state index is -0.356. The summed E-state index contributed by atoms with van der Waals surface area (Å²) in [6, 6.07) is 8.71. The molecule has 0 aromatic heterocycles. The summed E-state index contributed by atoms with van der Waals surface area (Å²) in [5.74, 6) is 1.98. The molecule has 2 N–H and O–H groups in total. The topological polar surface area (TPSA) is 40.5 Å². The van der Waals surface area contributed by atoms with Crippen LogP contribution >= 0.6 is 0 Å². The molecule has 1 saturated carbocycles. The first kappa shape index (κ1) is 15.0. The van der Waals surface area contributed by atoms with Crippen molar-refractivity contribution in [2.45, 2.75) is 52.1 Å². The fourth-order valence-corrected chi connectivity index (χ4v) is 2.36. The third-order valence-corrected chi connectivity index (χ3v) is 3.81. The number of para-hydroxylation sites is 1. The van der Waals surface area contributed by atoms with Crippen LogP contribution in [0.1, 0.15) is 46.5 Å². The second-order valence-corrected chi connectivity index (χ2v) is 5.91. The Bertz CT molecular complexity index is 320. The Balaban J connectivity index is 0.000000199. The number of hydrogen-bond acceptors (Lipinski definition) is 2. The summed E-state index contributed by atoms with van der Waals surface area (Å²) in [4.78, 5) is 0. The highest BCUT2D eigenvalue weighted by atomic mass is 16.3. The van der Waals surface area contributed by atoms with Crippen molar-refractivity contribution in [3.63, 3.8) is 0 Å². The monoisotopic (exact) mass is 250 g/mol. The molecule has 0 radical (unpaired) electrons. The van der Waals surface area contributed by atoms with Crippen molar-refractivity contribution in [2.75, 3.05) is 0 Å². The maximum absolute atomic E-state index is 9.67. The van der Waals surface area contributed by atoms with Crippen molar-refractivity contribution in [1.82, 2.24) is 0 Å². The van der Waals surface area contributed by atoms with Crippen LogP contribution in [-0.2, 0) is 0 Å². The molecular formula is C16H26O2. The van der Waals surface area contributed by atoms with Crippen LogP contribution in [0, 0.1) is 11.8 Å². The van der Waals surface area contributed by atoms with Crippen molar-refractivity contribution in [1.29, 1.82) is 0 Å². The number of hydrogen-bond donors (Lipinski definition) is 2. The van der Waals surface area contributed by atoms with Gasteiger partial charge in [-0.2, -0.15) is 0 Å². The molecule has 0 saturated heterocycles. The number of phenolic OH excluding ortho intramolecular Hbond substituents is 1. The van der Waals surface area contributed by atoms with Crippen molar-refractivity contribution in [3.05, 3.63) is 30.3 Å². The molecule has 2 heteroatoms. The standard InChI is InChI=1S/C10H20O.C6H6O/c1-8(2)9-4-6-10(3,11)7-5-9;7-6-4-2-1-3-5-6/h8-9,11H,4-7H2,1-3H3;1-5,7H. The predicted molar refractivity (Wildman–Crippen MR) is 75.5 cm³/mol. The van der Waals surface area contributed by atoms with Crippen LogP contribution in [0.3, 0.4) is 0 Å². The normalized spacial score (nSPS) is 27.5. The van der Waals surface area contributed by atoms with Crippen molar-refractivity contribution >= 4 is 0 Å². The van der Waals surface area contributed by atoms with Crippen molar-refractivity contribution in [3.8, 4) is 5.75 Å².